The molecule has 33 heavy (non-hydrogen) atoms. The van der Waals surface area contributed by atoms with Crippen molar-refractivity contribution in [3.8, 4) is 17.1 Å². The Morgan fingerprint density at radius 1 is 1.09 bits per heavy atom. The Bertz CT molecular complexity index is 1380. The van der Waals surface area contributed by atoms with Crippen LogP contribution >= 0.6 is 22.6 Å². The first-order chi connectivity index (χ1) is 15.9. The number of benzene rings is 2. The molecule has 2 aliphatic rings. The van der Waals surface area contributed by atoms with Gasteiger partial charge in [0.25, 0.3) is 0 Å². The first-order valence-electron chi connectivity index (χ1n) is 11.4. The quantitative estimate of drug-likeness (QED) is 0.267. The molecule has 0 radical (unpaired) electrons. The third kappa shape index (κ3) is 3.29. The van der Waals surface area contributed by atoms with Crippen molar-refractivity contribution in [2.45, 2.75) is 45.1 Å². The minimum Gasteiger partial charge on any atom is -0.442 e. The Kier molecular flexibility index (Phi) is 4.83. The van der Waals surface area contributed by atoms with E-state index in [1.807, 2.05) is 6.33 Å². The highest BCUT2D eigenvalue weighted by molar-refractivity contribution is 14.1. The molecule has 6 rings (SSSR count). The Morgan fingerprint density at radius 3 is 2.64 bits per heavy atom. The normalized spacial score (nSPS) is 23.8. The lowest BCUT2D eigenvalue weighted by molar-refractivity contribution is 0.178. The smallest absolute Gasteiger partial charge is 0.181 e. The van der Waals surface area contributed by atoms with Crippen molar-refractivity contribution in [3.05, 3.63) is 87.3 Å². The molecule has 6 heteroatoms. The molecule has 3 heterocycles. The van der Waals surface area contributed by atoms with E-state index in [-0.39, 0.29) is 11.5 Å². The highest BCUT2D eigenvalue weighted by Crippen LogP contribution is 2.48. The van der Waals surface area contributed by atoms with E-state index in [9.17, 15) is 0 Å². The lowest BCUT2D eigenvalue weighted by atomic mass is 9.60. The monoisotopic (exact) mass is 548 g/mol. The van der Waals surface area contributed by atoms with Crippen LogP contribution in [0, 0.1) is 9.49 Å². The fraction of sp³-hybridized carbons (Fsp3) is 0.296. The second-order valence-corrected chi connectivity index (χ2v) is 10.8. The number of imidazole rings is 1. The number of nitrogens with zero attached hydrogens (tertiary/aromatic N) is 4. The van der Waals surface area contributed by atoms with Gasteiger partial charge < -0.3 is 4.42 Å². The summed E-state index contributed by atoms with van der Waals surface area (Å²) in [5.74, 6) is 1.44. The molecule has 1 saturated carbocycles. The Morgan fingerprint density at radius 2 is 1.91 bits per heavy atom. The van der Waals surface area contributed by atoms with Crippen LogP contribution in [0.3, 0.4) is 0 Å². The van der Waals surface area contributed by atoms with Crippen molar-refractivity contribution in [1.29, 1.82) is 0 Å². The number of aromatic nitrogens is 3. The molecule has 1 aliphatic carbocycles. The molecular formula is C27H25IN4O. The standard InChI is InChI=1S/C27H25IN4O/c1-16-11-27(3,12-16)18-8-9-22-20(10-18)24(19-6-4-5-7-21(19)28)31-17(2)26-25(30-14-32(22)26)23-13-29-15-33-23/h4-10,13-17H,11-12H2,1-3H3/t16?,17-,27?/m0/s1. The van der Waals surface area contributed by atoms with Gasteiger partial charge >= 0.3 is 0 Å². The van der Waals surface area contributed by atoms with E-state index in [1.165, 1.54) is 28.4 Å². The van der Waals surface area contributed by atoms with Crippen LogP contribution in [0.25, 0.3) is 17.1 Å². The first-order valence-corrected chi connectivity index (χ1v) is 12.5. The van der Waals surface area contributed by atoms with Crippen molar-refractivity contribution >= 4 is 28.3 Å². The van der Waals surface area contributed by atoms with Gasteiger partial charge in [-0.3, -0.25) is 9.56 Å². The molecule has 1 aliphatic heterocycles. The number of aliphatic imine (C=N–C) groups is 1. The molecule has 0 amide bonds. The van der Waals surface area contributed by atoms with Crippen LogP contribution in [0.15, 0.2) is 70.8 Å². The largest absolute Gasteiger partial charge is 0.442 e. The molecule has 1 fully saturated rings. The third-order valence-electron chi connectivity index (χ3n) is 7.12. The van der Waals surface area contributed by atoms with Gasteiger partial charge in [-0.2, -0.15) is 0 Å². The molecule has 166 valence electrons. The van der Waals surface area contributed by atoms with E-state index in [1.54, 1.807) is 6.20 Å². The Labute approximate surface area is 207 Å². The van der Waals surface area contributed by atoms with Crippen molar-refractivity contribution in [2.24, 2.45) is 10.9 Å². The van der Waals surface area contributed by atoms with E-state index in [4.69, 9.17) is 14.4 Å². The molecule has 0 saturated heterocycles. The second kappa shape index (κ2) is 7.65. The van der Waals surface area contributed by atoms with Crippen molar-refractivity contribution in [1.82, 2.24) is 14.5 Å². The predicted octanol–water partition coefficient (Wildman–Crippen LogP) is 6.73. The van der Waals surface area contributed by atoms with Gasteiger partial charge in [0.2, 0.25) is 0 Å². The van der Waals surface area contributed by atoms with Crippen LogP contribution in [0.4, 0.5) is 0 Å². The summed E-state index contributed by atoms with van der Waals surface area (Å²) in [4.78, 5) is 14.1. The molecule has 4 aromatic rings. The minimum atomic E-state index is -0.103. The molecule has 0 bridgehead atoms. The summed E-state index contributed by atoms with van der Waals surface area (Å²) in [6, 6.07) is 15.3. The summed E-state index contributed by atoms with van der Waals surface area (Å²) < 4.78 is 8.99. The van der Waals surface area contributed by atoms with Crippen molar-refractivity contribution in [3.63, 3.8) is 0 Å². The molecule has 0 spiro atoms. The summed E-state index contributed by atoms with van der Waals surface area (Å²) >= 11 is 2.42. The third-order valence-corrected chi connectivity index (χ3v) is 8.06. The maximum Gasteiger partial charge on any atom is 0.181 e. The van der Waals surface area contributed by atoms with Crippen LogP contribution < -0.4 is 0 Å². The van der Waals surface area contributed by atoms with Crippen LogP contribution in [0.5, 0.6) is 0 Å². The number of fused-ring (bicyclic) bond motifs is 3. The maximum atomic E-state index is 5.61. The minimum absolute atomic E-state index is 0.103. The molecule has 1 atom stereocenters. The maximum absolute atomic E-state index is 5.61. The number of hydrogen-bond donors (Lipinski definition) is 0. The van der Waals surface area contributed by atoms with Gasteiger partial charge in [0.1, 0.15) is 12.0 Å². The Hall–Kier alpha value is -2.74. The summed E-state index contributed by atoms with van der Waals surface area (Å²) in [7, 11) is 0. The topological polar surface area (TPSA) is 56.2 Å². The molecular weight excluding hydrogens is 523 g/mol. The highest BCUT2D eigenvalue weighted by atomic mass is 127. The number of rotatable bonds is 3. The van der Waals surface area contributed by atoms with Gasteiger partial charge in [-0.25, -0.2) is 9.97 Å². The summed E-state index contributed by atoms with van der Waals surface area (Å²) in [6.45, 7) is 6.86. The predicted molar refractivity (Wildman–Crippen MR) is 138 cm³/mol. The van der Waals surface area contributed by atoms with Crippen LogP contribution in [-0.2, 0) is 5.41 Å². The molecule has 2 aromatic carbocycles. The lowest BCUT2D eigenvalue weighted by Gasteiger charge is -2.44. The van der Waals surface area contributed by atoms with Crippen molar-refractivity contribution < 1.29 is 4.42 Å². The first kappa shape index (κ1) is 20.8. The van der Waals surface area contributed by atoms with E-state index >= 15 is 0 Å². The molecule has 2 aromatic heterocycles. The fourth-order valence-electron chi connectivity index (χ4n) is 5.69. The van der Waals surface area contributed by atoms with E-state index in [2.05, 4.69) is 95.4 Å². The van der Waals surface area contributed by atoms with Crippen LogP contribution in [0.2, 0.25) is 0 Å². The van der Waals surface area contributed by atoms with Gasteiger partial charge in [0.15, 0.2) is 12.2 Å². The zero-order chi connectivity index (χ0) is 22.7. The second-order valence-electron chi connectivity index (χ2n) is 9.65. The fourth-order valence-corrected chi connectivity index (χ4v) is 6.33. The zero-order valence-electron chi connectivity index (χ0n) is 18.9. The number of oxazole rings is 1. The highest BCUT2D eigenvalue weighted by Gasteiger charge is 2.40. The van der Waals surface area contributed by atoms with Gasteiger partial charge in [-0.05, 0) is 77.5 Å². The van der Waals surface area contributed by atoms with Gasteiger partial charge in [0.05, 0.1) is 29.3 Å². The van der Waals surface area contributed by atoms with E-state index in [0.717, 1.165) is 39.8 Å². The van der Waals surface area contributed by atoms with E-state index in [0.29, 0.717) is 5.76 Å². The zero-order valence-corrected chi connectivity index (χ0v) is 21.1. The van der Waals surface area contributed by atoms with Crippen LogP contribution in [0.1, 0.15) is 62.0 Å². The van der Waals surface area contributed by atoms with Gasteiger partial charge in [-0.1, -0.05) is 38.1 Å². The summed E-state index contributed by atoms with van der Waals surface area (Å²) in [5, 5.41) is 0. The van der Waals surface area contributed by atoms with Gasteiger partial charge in [-0.15, -0.1) is 0 Å². The molecule has 0 N–H and O–H groups in total. The average Bonchev–Trinajstić information content (AvgIpc) is 3.44. The SMILES string of the molecule is CC1CC(C)(c2ccc3c(c2)C(c2ccccc2I)=N[C@@H](C)c2c(-c4cnco4)ncn2-3)C1. The number of hydrogen-bond acceptors (Lipinski definition) is 4. The van der Waals surface area contributed by atoms with E-state index < -0.39 is 0 Å². The summed E-state index contributed by atoms with van der Waals surface area (Å²) in [6.07, 6.45) is 7.51. The lowest BCUT2D eigenvalue weighted by Crippen LogP contribution is -2.37. The number of halogens is 1. The Balaban J connectivity index is 1.61. The van der Waals surface area contributed by atoms with Crippen LogP contribution in [-0.4, -0.2) is 20.2 Å². The van der Waals surface area contributed by atoms with Gasteiger partial charge in [0, 0.05) is 14.7 Å². The molecule has 5 nitrogen and oxygen atoms in total. The molecule has 0 unspecified atom stereocenters. The van der Waals surface area contributed by atoms with Crippen molar-refractivity contribution in [2.75, 3.05) is 0 Å². The summed E-state index contributed by atoms with van der Waals surface area (Å²) in [5.41, 5.74) is 7.89. The average molecular weight is 548 g/mol.